The molecule has 1 amide bonds. The van der Waals surface area contributed by atoms with Crippen molar-refractivity contribution >= 4 is 34.1 Å². The molecular formula is C16H17BrN4O. The van der Waals surface area contributed by atoms with Crippen molar-refractivity contribution in [3.8, 4) is 0 Å². The van der Waals surface area contributed by atoms with Gasteiger partial charge < -0.3 is 0 Å². The molecular weight excluding hydrogens is 344 g/mol. The number of aryl methyl sites for hydroxylation is 1. The van der Waals surface area contributed by atoms with Crippen LogP contribution in [-0.2, 0) is 7.05 Å². The maximum absolute atomic E-state index is 12.0. The van der Waals surface area contributed by atoms with Gasteiger partial charge in [0.1, 0.15) is 0 Å². The van der Waals surface area contributed by atoms with Crippen LogP contribution in [0.25, 0.3) is 6.08 Å². The zero-order chi connectivity index (χ0) is 16.1. The molecule has 2 rings (SSSR count). The van der Waals surface area contributed by atoms with Gasteiger partial charge in [0.05, 0.1) is 16.4 Å². The monoisotopic (exact) mass is 360 g/mol. The summed E-state index contributed by atoms with van der Waals surface area (Å²) in [5, 5.41) is 8.11. The van der Waals surface area contributed by atoms with Crippen LogP contribution in [0.4, 0.5) is 0 Å². The van der Waals surface area contributed by atoms with E-state index < -0.39 is 0 Å². The van der Waals surface area contributed by atoms with E-state index in [-0.39, 0.29) is 5.91 Å². The minimum Gasteiger partial charge on any atom is -0.271 e. The Morgan fingerprint density at radius 3 is 2.64 bits per heavy atom. The van der Waals surface area contributed by atoms with Gasteiger partial charge in [-0.1, -0.05) is 36.4 Å². The van der Waals surface area contributed by atoms with Gasteiger partial charge in [0, 0.05) is 7.05 Å². The van der Waals surface area contributed by atoms with E-state index in [0.29, 0.717) is 10.2 Å². The molecule has 22 heavy (non-hydrogen) atoms. The number of carbonyl (C=O) groups excluding carboxylic acids is 1. The van der Waals surface area contributed by atoms with Crippen molar-refractivity contribution in [2.45, 2.75) is 13.8 Å². The highest BCUT2D eigenvalue weighted by molar-refractivity contribution is 9.10. The second-order valence-corrected chi connectivity index (χ2v) is 5.66. The van der Waals surface area contributed by atoms with E-state index in [2.05, 4.69) is 31.6 Å². The maximum Gasteiger partial charge on any atom is 0.293 e. The van der Waals surface area contributed by atoms with E-state index in [4.69, 9.17) is 0 Å². The number of hydrazone groups is 1. The number of halogens is 1. The largest absolute Gasteiger partial charge is 0.293 e. The zero-order valence-electron chi connectivity index (χ0n) is 12.7. The highest BCUT2D eigenvalue weighted by atomic mass is 79.9. The van der Waals surface area contributed by atoms with Crippen LogP contribution in [-0.4, -0.2) is 21.9 Å². The van der Waals surface area contributed by atoms with Crippen LogP contribution in [0.1, 0.15) is 28.7 Å². The van der Waals surface area contributed by atoms with E-state index in [1.807, 2.05) is 50.3 Å². The van der Waals surface area contributed by atoms with Gasteiger partial charge >= 0.3 is 0 Å². The van der Waals surface area contributed by atoms with E-state index in [1.165, 1.54) is 0 Å². The molecule has 6 heteroatoms. The van der Waals surface area contributed by atoms with Crippen molar-refractivity contribution < 1.29 is 4.79 Å². The fourth-order valence-electron chi connectivity index (χ4n) is 1.82. The first kappa shape index (κ1) is 16.2. The quantitative estimate of drug-likeness (QED) is 0.671. The standard InChI is InChI=1S/C16H17BrN4O/c1-11(9-13-7-5-4-6-8-13)10-18-19-16(22)15-14(17)12(2)21(3)20-15/h4-10H,1-3H3,(H,19,22)/b11-9-,18-10?. The number of benzene rings is 1. The van der Waals surface area contributed by atoms with E-state index in [1.54, 1.807) is 17.9 Å². The summed E-state index contributed by atoms with van der Waals surface area (Å²) >= 11 is 3.36. The molecule has 0 atom stereocenters. The Morgan fingerprint density at radius 2 is 2.05 bits per heavy atom. The maximum atomic E-state index is 12.0. The molecule has 114 valence electrons. The molecule has 0 spiro atoms. The summed E-state index contributed by atoms with van der Waals surface area (Å²) in [5.41, 5.74) is 5.70. The van der Waals surface area contributed by atoms with Gasteiger partial charge in [-0.3, -0.25) is 9.48 Å². The first-order chi connectivity index (χ1) is 10.5. The Kier molecular flexibility index (Phi) is 5.27. The Morgan fingerprint density at radius 1 is 1.36 bits per heavy atom. The summed E-state index contributed by atoms with van der Waals surface area (Å²) in [4.78, 5) is 12.0. The van der Waals surface area contributed by atoms with Crippen molar-refractivity contribution in [2.24, 2.45) is 12.1 Å². The predicted molar refractivity (Wildman–Crippen MR) is 91.7 cm³/mol. The van der Waals surface area contributed by atoms with Crippen LogP contribution in [0.5, 0.6) is 0 Å². The van der Waals surface area contributed by atoms with E-state index in [0.717, 1.165) is 16.8 Å². The van der Waals surface area contributed by atoms with Crippen molar-refractivity contribution in [2.75, 3.05) is 0 Å². The Hall–Kier alpha value is -2.21. The first-order valence-electron chi connectivity index (χ1n) is 6.75. The number of nitrogens with zero attached hydrogens (tertiary/aromatic N) is 3. The SMILES string of the molecule is C/C(C=NNC(=O)c1nn(C)c(C)c1Br)=C/c1ccccc1. The Balaban J connectivity index is 2.01. The molecule has 0 unspecified atom stereocenters. The van der Waals surface area contributed by atoms with Crippen LogP contribution >= 0.6 is 15.9 Å². The lowest BCUT2D eigenvalue weighted by Crippen LogP contribution is -2.18. The smallest absolute Gasteiger partial charge is 0.271 e. The van der Waals surface area contributed by atoms with Crippen molar-refractivity contribution in [1.82, 2.24) is 15.2 Å². The molecule has 0 radical (unpaired) electrons. The molecule has 5 nitrogen and oxygen atoms in total. The average Bonchev–Trinajstić information content (AvgIpc) is 2.76. The number of carbonyl (C=O) groups is 1. The molecule has 0 bridgehead atoms. The van der Waals surface area contributed by atoms with Gasteiger partial charge in [-0.15, -0.1) is 0 Å². The summed E-state index contributed by atoms with van der Waals surface area (Å²) in [7, 11) is 1.78. The van der Waals surface area contributed by atoms with E-state index >= 15 is 0 Å². The number of rotatable bonds is 4. The van der Waals surface area contributed by atoms with E-state index in [9.17, 15) is 4.79 Å². The van der Waals surface area contributed by atoms with Crippen LogP contribution in [0.15, 0.2) is 45.5 Å². The fraction of sp³-hybridized carbons (Fsp3) is 0.188. The van der Waals surface area contributed by atoms with Crippen molar-refractivity contribution in [1.29, 1.82) is 0 Å². The minimum absolute atomic E-state index is 0.321. The number of amides is 1. The molecule has 1 N–H and O–H groups in total. The number of hydrogen-bond donors (Lipinski definition) is 1. The van der Waals surface area contributed by atoms with Gasteiger partial charge in [-0.05, 0) is 40.9 Å². The summed E-state index contributed by atoms with van der Waals surface area (Å²) in [5.74, 6) is -0.348. The third-order valence-corrected chi connectivity index (χ3v) is 4.05. The molecule has 1 aromatic carbocycles. The van der Waals surface area contributed by atoms with Crippen LogP contribution in [0.3, 0.4) is 0 Å². The third kappa shape index (κ3) is 3.92. The minimum atomic E-state index is -0.348. The van der Waals surface area contributed by atoms with Crippen molar-refractivity contribution in [3.05, 3.63) is 57.3 Å². The van der Waals surface area contributed by atoms with Gasteiger partial charge in [0.25, 0.3) is 5.91 Å². The number of allylic oxidation sites excluding steroid dienone is 1. The van der Waals surface area contributed by atoms with Gasteiger partial charge in [0.15, 0.2) is 5.69 Å². The predicted octanol–water partition coefficient (Wildman–Crippen LogP) is 3.31. The molecule has 1 aromatic heterocycles. The van der Waals surface area contributed by atoms with Crippen LogP contribution in [0, 0.1) is 6.92 Å². The molecule has 1 heterocycles. The van der Waals surface area contributed by atoms with Crippen LogP contribution in [0.2, 0.25) is 0 Å². The van der Waals surface area contributed by atoms with Crippen molar-refractivity contribution in [3.63, 3.8) is 0 Å². The van der Waals surface area contributed by atoms with Gasteiger partial charge in [-0.2, -0.15) is 10.2 Å². The lowest BCUT2D eigenvalue weighted by molar-refractivity contribution is 0.0948. The highest BCUT2D eigenvalue weighted by Crippen LogP contribution is 2.19. The lowest BCUT2D eigenvalue weighted by atomic mass is 10.1. The van der Waals surface area contributed by atoms with Gasteiger partial charge in [-0.25, -0.2) is 5.43 Å². The van der Waals surface area contributed by atoms with Crippen LogP contribution < -0.4 is 5.43 Å². The lowest BCUT2D eigenvalue weighted by Gasteiger charge is -1.97. The summed E-state index contributed by atoms with van der Waals surface area (Å²) in [6.07, 6.45) is 3.59. The molecule has 0 saturated heterocycles. The third-order valence-electron chi connectivity index (χ3n) is 3.10. The topological polar surface area (TPSA) is 59.3 Å². The Labute approximate surface area is 137 Å². The number of nitrogens with one attached hydrogen (secondary N) is 1. The first-order valence-corrected chi connectivity index (χ1v) is 7.54. The van der Waals surface area contributed by atoms with Gasteiger partial charge in [0.2, 0.25) is 0 Å². The molecule has 0 fully saturated rings. The second kappa shape index (κ2) is 7.17. The molecule has 0 aliphatic rings. The molecule has 0 aliphatic heterocycles. The summed E-state index contributed by atoms with van der Waals surface area (Å²) < 4.78 is 2.32. The fourth-order valence-corrected chi connectivity index (χ4v) is 2.34. The number of aromatic nitrogens is 2. The molecule has 0 aliphatic carbocycles. The number of hydrogen-bond acceptors (Lipinski definition) is 3. The molecule has 0 saturated carbocycles. The summed E-state index contributed by atoms with van der Waals surface area (Å²) in [6.45, 7) is 3.80. The average molecular weight is 361 g/mol. The highest BCUT2D eigenvalue weighted by Gasteiger charge is 2.16. The Bertz CT molecular complexity index is 732. The molecule has 2 aromatic rings. The second-order valence-electron chi connectivity index (χ2n) is 4.87. The normalized spacial score (nSPS) is 11.9. The summed E-state index contributed by atoms with van der Waals surface area (Å²) in [6, 6.07) is 9.92. The zero-order valence-corrected chi connectivity index (χ0v) is 14.3.